The van der Waals surface area contributed by atoms with Gasteiger partial charge in [0, 0.05) is 17.8 Å². The quantitative estimate of drug-likeness (QED) is 0.637. The van der Waals surface area contributed by atoms with Crippen molar-refractivity contribution in [2.75, 3.05) is 4.72 Å². The van der Waals surface area contributed by atoms with Gasteiger partial charge in [-0.3, -0.25) is 9.52 Å². The summed E-state index contributed by atoms with van der Waals surface area (Å²) < 4.78 is 26.8. The van der Waals surface area contributed by atoms with Gasteiger partial charge in [0.1, 0.15) is 0 Å². The topological polar surface area (TPSA) is 75.3 Å². The molecule has 3 rings (SSSR count). The Balaban J connectivity index is 1.59. The number of carbonyl (C=O) groups excluding carboxylic acids is 1. The summed E-state index contributed by atoms with van der Waals surface area (Å²) in [5.74, 6) is -0.220. The summed E-state index contributed by atoms with van der Waals surface area (Å²) >= 11 is 0. The van der Waals surface area contributed by atoms with Crippen molar-refractivity contribution in [2.45, 2.75) is 6.54 Å². The van der Waals surface area contributed by atoms with Crippen LogP contribution in [-0.4, -0.2) is 14.3 Å². The van der Waals surface area contributed by atoms with Crippen molar-refractivity contribution in [3.8, 4) is 0 Å². The summed E-state index contributed by atoms with van der Waals surface area (Å²) in [6, 6.07) is 25.1. The molecule has 0 aliphatic carbocycles. The third-order valence-corrected chi connectivity index (χ3v) is 4.96. The number of benzene rings is 3. The van der Waals surface area contributed by atoms with Gasteiger partial charge in [-0.2, -0.15) is 0 Å². The van der Waals surface area contributed by atoms with E-state index in [1.54, 1.807) is 24.3 Å². The molecule has 0 unspecified atom stereocenters. The first-order valence-corrected chi connectivity index (χ1v) is 10.2. The highest BCUT2D eigenvalue weighted by molar-refractivity contribution is 7.95. The molecule has 2 N–H and O–H groups in total. The maximum Gasteiger partial charge on any atom is 0.255 e. The molecule has 5 nitrogen and oxygen atoms in total. The van der Waals surface area contributed by atoms with Gasteiger partial charge in [0.25, 0.3) is 15.9 Å². The van der Waals surface area contributed by atoms with E-state index in [4.69, 9.17) is 0 Å². The molecule has 0 radical (unpaired) electrons. The highest BCUT2D eigenvalue weighted by atomic mass is 32.2. The third kappa shape index (κ3) is 5.82. The molecular weight excluding hydrogens is 372 g/mol. The molecule has 0 fully saturated rings. The van der Waals surface area contributed by atoms with Gasteiger partial charge in [-0.05, 0) is 41.5 Å². The van der Waals surface area contributed by atoms with Crippen LogP contribution in [0.1, 0.15) is 21.5 Å². The molecule has 0 saturated carbocycles. The molecule has 28 heavy (non-hydrogen) atoms. The van der Waals surface area contributed by atoms with Crippen molar-refractivity contribution in [1.82, 2.24) is 5.32 Å². The Labute approximate surface area is 164 Å². The first kappa shape index (κ1) is 19.4. The van der Waals surface area contributed by atoms with Crippen LogP contribution in [0, 0.1) is 0 Å². The molecule has 0 heterocycles. The summed E-state index contributed by atoms with van der Waals surface area (Å²) in [6.07, 6.45) is 1.52. The van der Waals surface area contributed by atoms with Gasteiger partial charge in [-0.1, -0.05) is 60.7 Å². The Bertz CT molecular complexity index is 1050. The molecule has 0 aliphatic heterocycles. The number of carbonyl (C=O) groups is 1. The van der Waals surface area contributed by atoms with E-state index in [1.165, 1.54) is 6.08 Å². The first-order chi connectivity index (χ1) is 13.5. The predicted octanol–water partition coefficient (Wildman–Crippen LogP) is 4.03. The second kappa shape index (κ2) is 9.01. The van der Waals surface area contributed by atoms with Gasteiger partial charge in [0.2, 0.25) is 0 Å². The molecule has 3 aromatic rings. The Morgan fingerprint density at radius 2 is 1.43 bits per heavy atom. The fraction of sp³-hybridized carbons (Fsp3) is 0.0455. The molecule has 0 aliphatic rings. The Kier molecular flexibility index (Phi) is 6.24. The zero-order valence-corrected chi connectivity index (χ0v) is 15.9. The van der Waals surface area contributed by atoms with Gasteiger partial charge in [-0.15, -0.1) is 0 Å². The lowest BCUT2D eigenvalue weighted by molar-refractivity contribution is 0.0951. The standard InChI is InChI=1S/C22H20N2O3S/c25-22(23-17-19-9-5-2-6-10-19)20-11-13-21(14-12-20)24-28(26,27)16-15-18-7-3-1-4-8-18/h1-16,24H,17H2,(H,23,25). The van der Waals surface area contributed by atoms with Gasteiger partial charge in [-0.25, -0.2) is 8.42 Å². The lowest BCUT2D eigenvalue weighted by atomic mass is 10.2. The van der Waals surface area contributed by atoms with Crippen molar-refractivity contribution >= 4 is 27.7 Å². The normalized spacial score (nSPS) is 11.3. The fourth-order valence-corrected chi connectivity index (χ4v) is 3.37. The second-order valence-corrected chi connectivity index (χ2v) is 7.67. The Morgan fingerprint density at radius 3 is 2.07 bits per heavy atom. The van der Waals surface area contributed by atoms with Gasteiger partial charge in [0.05, 0.1) is 5.41 Å². The Morgan fingerprint density at radius 1 is 0.821 bits per heavy atom. The fourth-order valence-electron chi connectivity index (χ4n) is 2.50. The summed E-state index contributed by atoms with van der Waals surface area (Å²) in [4.78, 5) is 12.2. The molecule has 0 spiro atoms. The van der Waals surface area contributed by atoms with Gasteiger partial charge in [0.15, 0.2) is 0 Å². The van der Waals surface area contributed by atoms with E-state index in [-0.39, 0.29) is 5.91 Å². The molecule has 0 aromatic heterocycles. The van der Waals surface area contributed by atoms with Crippen molar-refractivity contribution in [3.63, 3.8) is 0 Å². The smallest absolute Gasteiger partial charge is 0.255 e. The summed E-state index contributed by atoms with van der Waals surface area (Å²) in [6.45, 7) is 0.429. The van der Waals surface area contributed by atoms with E-state index >= 15 is 0 Å². The molecule has 0 atom stereocenters. The van der Waals surface area contributed by atoms with E-state index in [2.05, 4.69) is 10.0 Å². The molecule has 1 amide bonds. The number of amides is 1. The number of hydrogen-bond acceptors (Lipinski definition) is 3. The zero-order valence-electron chi connectivity index (χ0n) is 15.1. The Hall–Kier alpha value is -3.38. The largest absolute Gasteiger partial charge is 0.348 e. The minimum Gasteiger partial charge on any atom is -0.348 e. The van der Waals surface area contributed by atoms with E-state index < -0.39 is 10.0 Å². The minimum absolute atomic E-state index is 0.220. The maximum absolute atomic E-state index is 12.2. The maximum atomic E-state index is 12.2. The summed E-state index contributed by atoms with van der Waals surface area (Å²) in [5, 5.41) is 3.95. The first-order valence-electron chi connectivity index (χ1n) is 8.70. The van der Waals surface area contributed by atoms with Crippen molar-refractivity contribution < 1.29 is 13.2 Å². The van der Waals surface area contributed by atoms with Gasteiger partial charge < -0.3 is 5.32 Å². The van der Waals surface area contributed by atoms with E-state index in [0.717, 1.165) is 16.5 Å². The number of rotatable bonds is 7. The third-order valence-electron chi connectivity index (χ3n) is 3.94. The van der Waals surface area contributed by atoms with Crippen molar-refractivity contribution in [2.24, 2.45) is 0 Å². The van der Waals surface area contributed by atoms with Crippen LogP contribution < -0.4 is 10.0 Å². The van der Waals surface area contributed by atoms with Crippen LogP contribution in [0.5, 0.6) is 0 Å². The van der Waals surface area contributed by atoms with Crippen LogP contribution >= 0.6 is 0 Å². The zero-order chi connectivity index (χ0) is 19.8. The SMILES string of the molecule is O=C(NCc1ccccc1)c1ccc(NS(=O)(=O)C=Cc2ccccc2)cc1. The van der Waals surface area contributed by atoms with Crippen LogP contribution in [0.4, 0.5) is 5.69 Å². The number of hydrogen-bond donors (Lipinski definition) is 2. The average Bonchev–Trinajstić information content (AvgIpc) is 2.72. The highest BCUT2D eigenvalue weighted by Crippen LogP contribution is 2.13. The lowest BCUT2D eigenvalue weighted by Gasteiger charge is -2.07. The molecule has 3 aromatic carbocycles. The van der Waals surface area contributed by atoms with Crippen molar-refractivity contribution in [3.05, 3.63) is 107 Å². The number of nitrogens with one attached hydrogen (secondary N) is 2. The minimum atomic E-state index is -3.64. The number of anilines is 1. The highest BCUT2D eigenvalue weighted by Gasteiger charge is 2.08. The number of sulfonamides is 1. The van der Waals surface area contributed by atoms with Crippen LogP contribution in [0.25, 0.3) is 6.08 Å². The average molecular weight is 392 g/mol. The van der Waals surface area contributed by atoms with Crippen LogP contribution in [0.2, 0.25) is 0 Å². The molecule has 6 heteroatoms. The molecule has 142 valence electrons. The van der Waals surface area contributed by atoms with E-state index in [1.807, 2.05) is 60.7 Å². The summed E-state index contributed by atoms with van der Waals surface area (Å²) in [5.41, 5.74) is 2.64. The second-order valence-electron chi connectivity index (χ2n) is 6.11. The molecule has 0 saturated heterocycles. The monoisotopic (exact) mass is 392 g/mol. The molecule has 0 bridgehead atoms. The van der Waals surface area contributed by atoms with Crippen LogP contribution in [0.3, 0.4) is 0 Å². The summed E-state index contributed by atoms with van der Waals surface area (Å²) in [7, 11) is -3.64. The van der Waals surface area contributed by atoms with E-state index in [0.29, 0.717) is 17.8 Å². The van der Waals surface area contributed by atoms with Crippen LogP contribution in [-0.2, 0) is 16.6 Å². The van der Waals surface area contributed by atoms with Gasteiger partial charge >= 0.3 is 0 Å². The van der Waals surface area contributed by atoms with Crippen molar-refractivity contribution in [1.29, 1.82) is 0 Å². The predicted molar refractivity (Wildman–Crippen MR) is 112 cm³/mol. The molecular formula is C22H20N2O3S. The van der Waals surface area contributed by atoms with E-state index in [9.17, 15) is 13.2 Å². The lowest BCUT2D eigenvalue weighted by Crippen LogP contribution is -2.22. The van der Waals surface area contributed by atoms with Crippen LogP contribution in [0.15, 0.2) is 90.3 Å².